The molecule has 0 aliphatic carbocycles. The number of carbonyl (C=O) groups is 1. The summed E-state index contributed by atoms with van der Waals surface area (Å²) in [5, 5.41) is 21.7. The van der Waals surface area contributed by atoms with E-state index in [0.717, 1.165) is 29.5 Å². The Kier molecular flexibility index (Phi) is 5.89. The maximum Gasteiger partial charge on any atom is 0.415 e. The predicted octanol–water partition coefficient (Wildman–Crippen LogP) is 4.14. The van der Waals surface area contributed by atoms with Crippen molar-refractivity contribution in [3.8, 4) is 28.6 Å². The van der Waals surface area contributed by atoms with Gasteiger partial charge in [0.15, 0.2) is 11.0 Å². The van der Waals surface area contributed by atoms with E-state index in [0.29, 0.717) is 29.6 Å². The fraction of sp³-hybridized carbons (Fsp3) is 0.240. The zero-order valence-electron chi connectivity index (χ0n) is 19.0. The number of likely N-dealkylation sites (N-methyl/N-ethyl adjacent to an activating group) is 1. The molecule has 1 aliphatic heterocycles. The van der Waals surface area contributed by atoms with Crippen LogP contribution in [-0.4, -0.2) is 69.0 Å². The first kappa shape index (κ1) is 22.2. The number of hydrogen-bond donors (Lipinski definition) is 2. The highest BCUT2D eigenvalue weighted by Crippen LogP contribution is 2.35. The Balaban J connectivity index is 1.47. The largest absolute Gasteiger partial charge is 0.507 e. The van der Waals surface area contributed by atoms with Crippen LogP contribution in [0.25, 0.3) is 27.8 Å². The van der Waals surface area contributed by atoms with Gasteiger partial charge in [0.05, 0.1) is 11.3 Å². The summed E-state index contributed by atoms with van der Waals surface area (Å²) < 4.78 is 7.30. The molecule has 1 aliphatic rings. The molecule has 1 fully saturated rings. The maximum absolute atomic E-state index is 12.5. The van der Waals surface area contributed by atoms with Crippen molar-refractivity contribution in [1.29, 1.82) is 0 Å². The molecule has 2 heterocycles. The molecule has 3 aromatic carbocycles. The van der Waals surface area contributed by atoms with Crippen molar-refractivity contribution in [2.75, 3.05) is 33.2 Å². The van der Waals surface area contributed by atoms with Crippen molar-refractivity contribution >= 4 is 29.5 Å². The number of aryl methyl sites for hydroxylation is 1. The summed E-state index contributed by atoms with van der Waals surface area (Å²) >= 11 is 4.52. The van der Waals surface area contributed by atoms with Gasteiger partial charge in [0.2, 0.25) is 0 Å². The number of piperazine rings is 1. The number of amides is 1. The average molecular weight is 476 g/mol. The number of ether oxygens (including phenoxy) is 1. The summed E-state index contributed by atoms with van der Waals surface area (Å²) in [5.41, 5.74) is 2.47. The number of fused-ring (bicyclic) bond motifs is 1. The Morgan fingerprint density at radius 3 is 2.59 bits per heavy atom. The van der Waals surface area contributed by atoms with Gasteiger partial charge in [-0.05, 0) is 37.6 Å². The van der Waals surface area contributed by atoms with Gasteiger partial charge < -0.3 is 19.6 Å². The quantitative estimate of drug-likeness (QED) is 0.434. The second-order valence-electron chi connectivity index (χ2n) is 8.50. The fourth-order valence-electron chi connectivity index (χ4n) is 4.17. The van der Waals surface area contributed by atoms with Crippen molar-refractivity contribution in [3.05, 3.63) is 60.2 Å². The monoisotopic (exact) mass is 475 g/mol. The second kappa shape index (κ2) is 9.00. The Hall–Kier alpha value is -3.56. The molecule has 5 rings (SSSR count). The molecular weight excluding hydrogens is 450 g/mol. The Morgan fingerprint density at radius 1 is 1.03 bits per heavy atom. The lowest BCUT2D eigenvalue weighted by Gasteiger charge is -2.31. The highest BCUT2D eigenvalue weighted by atomic mass is 32.1. The molecule has 174 valence electrons. The van der Waals surface area contributed by atoms with Gasteiger partial charge in [0.1, 0.15) is 11.5 Å². The van der Waals surface area contributed by atoms with Crippen molar-refractivity contribution in [2.24, 2.45) is 0 Å². The number of thiol groups is 1. The van der Waals surface area contributed by atoms with Gasteiger partial charge in [-0.3, -0.25) is 4.57 Å². The lowest BCUT2D eigenvalue weighted by Crippen LogP contribution is -2.48. The van der Waals surface area contributed by atoms with Crippen LogP contribution in [0.5, 0.6) is 11.5 Å². The number of aromatic hydroxyl groups is 1. The molecule has 8 nitrogen and oxygen atoms in total. The van der Waals surface area contributed by atoms with E-state index in [-0.39, 0.29) is 11.5 Å². The zero-order valence-corrected chi connectivity index (χ0v) is 19.9. The van der Waals surface area contributed by atoms with Gasteiger partial charge in [-0.1, -0.05) is 35.9 Å². The zero-order chi connectivity index (χ0) is 23.8. The lowest BCUT2D eigenvalue weighted by atomic mass is 10.1. The van der Waals surface area contributed by atoms with Gasteiger partial charge in [0, 0.05) is 37.6 Å². The van der Waals surface area contributed by atoms with Gasteiger partial charge in [0.25, 0.3) is 0 Å². The lowest BCUT2D eigenvalue weighted by molar-refractivity contribution is 0.120. The fourth-order valence-corrected chi connectivity index (χ4v) is 4.42. The minimum Gasteiger partial charge on any atom is -0.507 e. The molecule has 1 amide bonds. The van der Waals surface area contributed by atoms with E-state index in [1.807, 2.05) is 19.2 Å². The third kappa shape index (κ3) is 4.20. The van der Waals surface area contributed by atoms with E-state index in [9.17, 15) is 9.90 Å². The topological polar surface area (TPSA) is 83.7 Å². The summed E-state index contributed by atoms with van der Waals surface area (Å²) in [6, 6.07) is 16.9. The molecule has 0 unspecified atom stereocenters. The van der Waals surface area contributed by atoms with Crippen LogP contribution >= 0.6 is 12.6 Å². The Labute approximate surface area is 202 Å². The van der Waals surface area contributed by atoms with Crippen LogP contribution in [0.4, 0.5) is 4.79 Å². The van der Waals surface area contributed by atoms with E-state index >= 15 is 0 Å². The first-order valence-electron chi connectivity index (χ1n) is 11.0. The number of hydrogen-bond acceptors (Lipinski definition) is 7. The van der Waals surface area contributed by atoms with Gasteiger partial charge in [-0.2, -0.15) is 0 Å². The number of phenols is 1. The first-order chi connectivity index (χ1) is 16.4. The minimum atomic E-state index is -0.424. The number of carbonyl (C=O) groups excluding carboxylic acids is 1. The van der Waals surface area contributed by atoms with E-state index in [1.54, 1.807) is 21.6 Å². The summed E-state index contributed by atoms with van der Waals surface area (Å²) in [4.78, 5) is 16.3. The molecule has 0 atom stereocenters. The van der Waals surface area contributed by atoms with Crippen molar-refractivity contribution < 1.29 is 14.6 Å². The number of nitrogens with zero attached hydrogens (tertiary/aromatic N) is 5. The Morgan fingerprint density at radius 2 is 1.82 bits per heavy atom. The van der Waals surface area contributed by atoms with Crippen LogP contribution in [0.2, 0.25) is 0 Å². The molecular formula is C25H25N5O3S. The molecule has 1 saturated heterocycles. The van der Waals surface area contributed by atoms with Crippen LogP contribution in [0.1, 0.15) is 5.56 Å². The third-order valence-electron chi connectivity index (χ3n) is 6.08. The number of benzene rings is 3. The van der Waals surface area contributed by atoms with Crippen LogP contribution in [0.15, 0.2) is 59.8 Å². The number of rotatable bonds is 3. The molecule has 0 radical (unpaired) electrons. The minimum absolute atomic E-state index is 0.0678. The van der Waals surface area contributed by atoms with Crippen LogP contribution < -0.4 is 4.74 Å². The van der Waals surface area contributed by atoms with E-state index < -0.39 is 6.09 Å². The van der Waals surface area contributed by atoms with Crippen LogP contribution in [0, 0.1) is 6.92 Å². The van der Waals surface area contributed by atoms with Crippen molar-refractivity contribution in [3.63, 3.8) is 0 Å². The van der Waals surface area contributed by atoms with Crippen molar-refractivity contribution in [2.45, 2.75) is 12.1 Å². The summed E-state index contributed by atoms with van der Waals surface area (Å²) in [6.45, 7) is 4.87. The van der Waals surface area contributed by atoms with Gasteiger partial charge in [-0.25, -0.2) is 4.79 Å². The first-order valence-corrected chi connectivity index (χ1v) is 11.5. The van der Waals surface area contributed by atoms with Gasteiger partial charge in [-0.15, -0.1) is 22.8 Å². The molecule has 9 heteroatoms. The smallest absolute Gasteiger partial charge is 0.415 e. The van der Waals surface area contributed by atoms with E-state index in [1.165, 1.54) is 11.6 Å². The second-order valence-corrected chi connectivity index (χ2v) is 8.90. The molecule has 0 bridgehead atoms. The summed E-state index contributed by atoms with van der Waals surface area (Å²) in [6.07, 6.45) is -0.424. The number of phenolic OH excluding ortho intramolecular Hbond substituents is 1. The van der Waals surface area contributed by atoms with E-state index in [4.69, 9.17) is 4.74 Å². The summed E-state index contributed by atoms with van der Waals surface area (Å²) in [7, 11) is 2.02. The van der Waals surface area contributed by atoms with Crippen LogP contribution in [0.3, 0.4) is 0 Å². The van der Waals surface area contributed by atoms with Crippen molar-refractivity contribution in [1.82, 2.24) is 24.6 Å². The predicted molar refractivity (Wildman–Crippen MR) is 133 cm³/mol. The normalized spacial score (nSPS) is 14.5. The molecule has 4 aromatic rings. The molecule has 34 heavy (non-hydrogen) atoms. The molecule has 1 N–H and O–H groups in total. The highest BCUT2D eigenvalue weighted by molar-refractivity contribution is 7.80. The number of aromatic nitrogens is 3. The van der Waals surface area contributed by atoms with Crippen LogP contribution in [-0.2, 0) is 0 Å². The standard InChI is InChI=1S/C25H25N5O3S/c1-16-6-8-19-17(14-16)4-3-5-21(19)30-23(26-27-24(30)34)20-9-7-18(15-22(20)31)33-25(32)29-12-10-28(2)11-13-29/h3-9,14-15,31H,10-13H2,1-2H3,(H,27,34). The molecule has 1 aromatic heterocycles. The maximum atomic E-state index is 12.5. The third-order valence-corrected chi connectivity index (χ3v) is 6.37. The molecule has 0 spiro atoms. The molecule has 0 saturated carbocycles. The summed E-state index contributed by atoms with van der Waals surface area (Å²) in [5.74, 6) is 0.636. The average Bonchev–Trinajstić information content (AvgIpc) is 3.19. The highest BCUT2D eigenvalue weighted by Gasteiger charge is 2.22. The van der Waals surface area contributed by atoms with E-state index in [2.05, 4.69) is 58.9 Å². The Bertz CT molecular complexity index is 1380. The SMILES string of the molecule is Cc1ccc2c(-n3c(S)nnc3-c3ccc(OC(=O)N4CCN(C)CC4)cc3O)cccc2c1. The van der Waals surface area contributed by atoms with Gasteiger partial charge >= 0.3 is 6.09 Å².